The van der Waals surface area contributed by atoms with Crippen LogP contribution >= 0.6 is 0 Å². The third-order valence-electron chi connectivity index (χ3n) is 4.77. The maximum atomic E-state index is 15.1. The van der Waals surface area contributed by atoms with Crippen LogP contribution in [-0.4, -0.2) is 44.7 Å². The molecule has 7 nitrogen and oxygen atoms in total. The number of carbonyl (C=O) groups excluding carboxylic acids is 1. The number of nitrogens with one attached hydrogen (secondary N) is 2. The summed E-state index contributed by atoms with van der Waals surface area (Å²) in [4.78, 5) is 11.4. The smallest absolute Gasteiger partial charge is 0.389 e. The highest BCUT2D eigenvalue weighted by molar-refractivity contribution is 7.92. The highest BCUT2D eigenvalue weighted by Crippen LogP contribution is 2.39. The number of rotatable bonds is 5. The molecule has 0 saturated carbocycles. The van der Waals surface area contributed by atoms with Gasteiger partial charge in [0.25, 0.3) is 5.91 Å². The Morgan fingerprint density at radius 3 is 2.68 bits per heavy atom. The van der Waals surface area contributed by atoms with E-state index in [0.29, 0.717) is 22.7 Å². The Kier molecular flexibility index (Phi) is 5.45. The van der Waals surface area contributed by atoms with Crippen molar-refractivity contribution >= 4 is 21.8 Å². The Morgan fingerprint density at radius 1 is 1.36 bits per heavy atom. The summed E-state index contributed by atoms with van der Waals surface area (Å²) in [6.07, 6.45) is -4.19. The number of phenols is 1. The van der Waals surface area contributed by atoms with Gasteiger partial charge in [0.05, 0.1) is 0 Å². The zero-order chi connectivity index (χ0) is 20.7. The van der Waals surface area contributed by atoms with E-state index >= 15 is 4.39 Å². The van der Waals surface area contributed by atoms with E-state index in [1.165, 1.54) is 6.07 Å². The summed E-state index contributed by atoms with van der Waals surface area (Å²) in [5.74, 6) is -2.38. The lowest BCUT2D eigenvalue weighted by atomic mass is 9.87. The number of aromatic hydroxyl groups is 1. The van der Waals surface area contributed by atoms with Crippen LogP contribution in [0.1, 0.15) is 30.4 Å². The fraction of sp³-hybridized carbons (Fsp3) is 0.562. The minimum Gasteiger partial charge on any atom is -0.506 e. The molecule has 1 aliphatic carbocycles. The van der Waals surface area contributed by atoms with Crippen molar-refractivity contribution < 1.29 is 35.9 Å². The molecule has 0 unspecified atom stereocenters. The number of hydrogen-bond donors (Lipinski definition) is 3. The second-order valence-electron chi connectivity index (χ2n) is 6.85. The van der Waals surface area contributed by atoms with Gasteiger partial charge in [0.1, 0.15) is 18.0 Å². The van der Waals surface area contributed by atoms with Gasteiger partial charge in [0.2, 0.25) is 0 Å². The molecule has 1 heterocycles. The first-order valence-electron chi connectivity index (χ1n) is 8.64. The highest BCUT2D eigenvalue weighted by Gasteiger charge is 2.39. The topological polar surface area (TPSA) is 98.7 Å². The van der Waals surface area contributed by atoms with Crippen LogP contribution in [0.4, 0.5) is 23.2 Å². The Morgan fingerprint density at radius 2 is 2.07 bits per heavy atom. The Labute approximate surface area is 158 Å². The third-order valence-corrected chi connectivity index (χ3v) is 6.14. The lowest BCUT2D eigenvalue weighted by molar-refractivity contribution is -0.135. The number of anilines is 1. The van der Waals surface area contributed by atoms with E-state index in [1.54, 1.807) is 4.72 Å². The first-order chi connectivity index (χ1) is 13.0. The SMILES string of the molecule is O=C1CN(c2c(O)cc3c(c2F)C[C@@H](NCCCC(F)(F)F)CC3)S(=O)(=O)N1. The fourth-order valence-electron chi connectivity index (χ4n) is 3.49. The van der Waals surface area contributed by atoms with Crippen LogP contribution in [0, 0.1) is 5.82 Å². The van der Waals surface area contributed by atoms with Crippen LogP contribution in [0.15, 0.2) is 6.07 Å². The second kappa shape index (κ2) is 7.39. The van der Waals surface area contributed by atoms with Gasteiger partial charge in [-0.15, -0.1) is 0 Å². The molecule has 1 aliphatic heterocycles. The molecule has 0 bridgehead atoms. The molecule has 3 N–H and O–H groups in total. The first kappa shape index (κ1) is 20.6. The van der Waals surface area contributed by atoms with E-state index < -0.39 is 52.5 Å². The number of nitrogens with zero attached hydrogens (tertiary/aromatic N) is 1. The number of benzene rings is 1. The zero-order valence-electron chi connectivity index (χ0n) is 14.6. The molecule has 2 aliphatic rings. The molecule has 1 saturated heterocycles. The molecule has 1 aromatic carbocycles. The van der Waals surface area contributed by atoms with E-state index in [0.717, 1.165) is 0 Å². The quantitative estimate of drug-likeness (QED) is 0.491. The third kappa shape index (κ3) is 4.32. The van der Waals surface area contributed by atoms with Crippen LogP contribution in [0.5, 0.6) is 5.75 Å². The van der Waals surface area contributed by atoms with Gasteiger partial charge in [-0.25, -0.2) is 13.4 Å². The number of phenolic OH excluding ortho intramolecular Hbond substituents is 1. The zero-order valence-corrected chi connectivity index (χ0v) is 15.5. The monoisotopic (exact) mass is 425 g/mol. The fourth-order valence-corrected chi connectivity index (χ4v) is 4.65. The van der Waals surface area contributed by atoms with Gasteiger partial charge in [0, 0.05) is 12.5 Å². The van der Waals surface area contributed by atoms with E-state index in [1.807, 2.05) is 0 Å². The summed E-state index contributed by atoms with van der Waals surface area (Å²) in [5.41, 5.74) is 0.0831. The maximum Gasteiger partial charge on any atom is 0.389 e. The van der Waals surface area contributed by atoms with Crippen molar-refractivity contribution in [3.63, 3.8) is 0 Å². The van der Waals surface area contributed by atoms with Crippen LogP contribution in [0.2, 0.25) is 0 Å². The average Bonchev–Trinajstić information content (AvgIpc) is 2.83. The summed E-state index contributed by atoms with van der Waals surface area (Å²) in [7, 11) is -4.29. The van der Waals surface area contributed by atoms with Crippen molar-refractivity contribution in [3.8, 4) is 5.75 Å². The van der Waals surface area contributed by atoms with E-state index in [2.05, 4.69) is 5.32 Å². The second-order valence-corrected chi connectivity index (χ2v) is 8.44. The molecule has 1 amide bonds. The van der Waals surface area contributed by atoms with Gasteiger partial charge in [-0.05, 0) is 49.4 Å². The normalized spacial score (nSPS) is 21.5. The first-order valence-corrected chi connectivity index (χ1v) is 10.1. The summed E-state index contributed by atoms with van der Waals surface area (Å²) >= 11 is 0. The predicted octanol–water partition coefficient (Wildman–Crippen LogP) is 1.50. The number of hydrogen-bond acceptors (Lipinski definition) is 5. The Balaban J connectivity index is 1.78. The molecule has 1 fully saturated rings. The van der Waals surface area contributed by atoms with Crippen molar-refractivity contribution in [2.45, 2.75) is 44.3 Å². The minimum absolute atomic E-state index is 0.101. The molecule has 28 heavy (non-hydrogen) atoms. The summed E-state index contributed by atoms with van der Waals surface area (Å²) in [6.45, 7) is -0.532. The number of halogens is 4. The lowest BCUT2D eigenvalue weighted by Gasteiger charge is -2.28. The average molecular weight is 425 g/mol. The summed E-state index contributed by atoms with van der Waals surface area (Å²) < 4.78 is 77.8. The molecule has 12 heteroatoms. The van der Waals surface area contributed by atoms with Gasteiger partial charge < -0.3 is 10.4 Å². The van der Waals surface area contributed by atoms with Crippen LogP contribution in [0.25, 0.3) is 0 Å². The van der Waals surface area contributed by atoms with Crippen LogP contribution in [-0.2, 0) is 27.8 Å². The van der Waals surface area contributed by atoms with Crippen molar-refractivity contribution in [2.75, 3.05) is 17.4 Å². The number of amides is 1. The summed E-state index contributed by atoms with van der Waals surface area (Å²) in [5, 5.41) is 13.1. The van der Waals surface area contributed by atoms with Crippen molar-refractivity contribution in [2.24, 2.45) is 0 Å². The van der Waals surface area contributed by atoms with Gasteiger partial charge in [-0.1, -0.05) is 0 Å². The number of alkyl halides is 3. The van der Waals surface area contributed by atoms with E-state index in [9.17, 15) is 31.5 Å². The Hall–Kier alpha value is -2.08. The predicted molar refractivity (Wildman–Crippen MR) is 91.6 cm³/mol. The summed E-state index contributed by atoms with van der Waals surface area (Å²) in [6, 6.07) is 0.994. The molecule has 0 radical (unpaired) electrons. The van der Waals surface area contributed by atoms with Gasteiger partial charge in [-0.3, -0.25) is 4.79 Å². The van der Waals surface area contributed by atoms with Gasteiger partial charge in [-0.2, -0.15) is 21.6 Å². The number of aryl methyl sites for hydroxylation is 1. The molecule has 1 atom stereocenters. The molecule has 1 aromatic rings. The van der Waals surface area contributed by atoms with E-state index in [4.69, 9.17) is 0 Å². The van der Waals surface area contributed by atoms with E-state index in [-0.39, 0.29) is 31.0 Å². The van der Waals surface area contributed by atoms with Gasteiger partial charge >= 0.3 is 16.4 Å². The molecule has 3 rings (SSSR count). The van der Waals surface area contributed by atoms with Crippen molar-refractivity contribution in [1.29, 1.82) is 0 Å². The highest BCUT2D eigenvalue weighted by atomic mass is 32.2. The molecular weight excluding hydrogens is 406 g/mol. The largest absolute Gasteiger partial charge is 0.506 e. The standard InChI is InChI=1S/C16H19F4N3O4S/c17-14-11-7-10(21-5-1-4-16(18,19)20)3-2-9(11)6-12(24)15(14)23-8-13(25)22-28(23,26)27/h6,10,21,24H,1-5,7-8H2,(H,22,25)/t10-/m0/s1. The number of carbonyl (C=O) groups is 1. The van der Waals surface area contributed by atoms with Crippen LogP contribution in [0.3, 0.4) is 0 Å². The minimum atomic E-state index is -4.29. The molecule has 156 valence electrons. The lowest BCUT2D eigenvalue weighted by Crippen LogP contribution is -2.36. The van der Waals surface area contributed by atoms with Gasteiger partial charge in [0.15, 0.2) is 5.82 Å². The molecule has 0 spiro atoms. The van der Waals surface area contributed by atoms with Crippen molar-refractivity contribution in [3.05, 3.63) is 23.0 Å². The van der Waals surface area contributed by atoms with Crippen molar-refractivity contribution in [1.82, 2.24) is 10.0 Å². The number of fused-ring (bicyclic) bond motifs is 1. The Bertz CT molecular complexity index is 889. The maximum absolute atomic E-state index is 15.1. The molecule has 0 aromatic heterocycles. The molecular formula is C16H19F4N3O4S. The van der Waals surface area contributed by atoms with Crippen LogP contribution < -0.4 is 14.3 Å².